The standard InChI is InChI=1S/C25H25BrN2O4S/c1-18-14-20-15-21(26)8-13-24(20)28(18)25(29)17-32-22-9-11-23(12-10-22)33(30,31)27(2)16-19-6-4-3-5-7-19/h3-13,15,18H,14,16-17H2,1-2H3/t18-/m1/s1. The SMILES string of the molecule is C[C@@H]1Cc2cc(Br)ccc2N1C(=O)COc1ccc(S(=O)(=O)N(C)Cc2ccccc2)cc1. The second-order valence-electron chi connectivity index (χ2n) is 8.10. The van der Waals surface area contributed by atoms with Crippen LogP contribution in [0.4, 0.5) is 5.69 Å². The number of anilines is 1. The highest BCUT2D eigenvalue weighted by molar-refractivity contribution is 9.10. The van der Waals surface area contributed by atoms with Crippen molar-refractivity contribution in [2.45, 2.75) is 30.8 Å². The van der Waals surface area contributed by atoms with Gasteiger partial charge in [-0.1, -0.05) is 46.3 Å². The second-order valence-corrected chi connectivity index (χ2v) is 11.1. The topological polar surface area (TPSA) is 66.9 Å². The minimum atomic E-state index is -3.64. The van der Waals surface area contributed by atoms with E-state index in [2.05, 4.69) is 15.9 Å². The van der Waals surface area contributed by atoms with Gasteiger partial charge in [0, 0.05) is 29.8 Å². The van der Waals surface area contributed by atoms with E-state index < -0.39 is 10.0 Å². The molecule has 1 atom stereocenters. The molecule has 1 heterocycles. The number of halogens is 1. The number of sulfonamides is 1. The summed E-state index contributed by atoms with van der Waals surface area (Å²) in [6, 6.07) is 21.5. The van der Waals surface area contributed by atoms with Crippen LogP contribution in [0.3, 0.4) is 0 Å². The van der Waals surface area contributed by atoms with E-state index in [1.807, 2.05) is 55.5 Å². The lowest BCUT2D eigenvalue weighted by Crippen LogP contribution is -2.39. The number of carbonyl (C=O) groups is 1. The molecular weight excluding hydrogens is 504 g/mol. The quantitative estimate of drug-likeness (QED) is 0.448. The van der Waals surface area contributed by atoms with Gasteiger partial charge in [-0.3, -0.25) is 4.79 Å². The molecule has 3 aromatic rings. The summed E-state index contributed by atoms with van der Waals surface area (Å²) in [4.78, 5) is 14.8. The Morgan fingerprint density at radius 1 is 1.09 bits per heavy atom. The van der Waals surface area contributed by atoms with E-state index in [9.17, 15) is 13.2 Å². The molecule has 0 aliphatic carbocycles. The van der Waals surface area contributed by atoms with Gasteiger partial charge in [0.25, 0.3) is 5.91 Å². The molecule has 0 saturated carbocycles. The van der Waals surface area contributed by atoms with Crippen molar-refractivity contribution in [3.8, 4) is 5.75 Å². The molecule has 1 amide bonds. The Hall–Kier alpha value is -2.68. The smallest absolute Gasteiger partial charge is 0.265 e. The number of carbonyl (C=O) groups excluding carboxylic acids is 1. The summed E-state index contributed by atoms with van der Waals surface area (Å²) in [5.74, 6) is 0.304. The molecule has 1 aliphatic heterocycles. The third-order valence-corrected chi connectivity index (χ3v) is 7.98. The summed E-state index contributed by atoms with van der Waals surface area (Å²) in [6.07, 6.45) is 0.795. The average molecular weight is 529 g/mol. The molecule has 0 aromatic heterocycles. The zero-order valence-corrected chi connectivity index (χ0v) is 20.8. The van der Waals surface area contributed by atoms with Crippen molar-refractivity contribution in [1.29, 1.82) is 0 Å². The summed E-state index contributed by atoms with van der Waals surface area (Å²) in [6.45, 7) is 2.17. The highest BCUT2D eigenvalue weighted by atomic mass is 79.9. The van der Waals surface area contributed by atoms with Gasteiger partial charge in [-0.05, 0) is 66.9 Å². The van der Waals surface area contributed by atoms with Crippen LogP contribution in [0.5, 0.6) is 5.75 Å². The van der Waals surface area contributed by atoms with Gasteiger partial charge in [0.1, 0.15) is 5.75 Å². The number of benzene rings is 3. The fraction of sp³-hybridized carbons (Fsp3) is 0.240. The van der Waals surface area contributed by atoms with E-state index in [0.29, 0.717) is 5.75 Å². The van der Waals surface area contributed by atoms with Crippen LogP contribution in [0.25, 0.3) is 0 Å². The van der Waals surface area contributed by atoms with Gasteiger partial charge in [0.2, 0.25) is 10.0 Å². The zero-order chi connectivity index (χ0) is 23.6. The molecule has 0 fully saturated rings. The number of hydrogen-bond acceptors (Lipinski definition) is 4. The lowest BCUT2D eigenvalue weighted by atomic mass is 10.1. The highest BCUT2D eigenvalue weighted by Crippen LogP contribution is 2.34. The molecule has 0 N–H and O–H groups in total. The van der Waals surface area contributed by atoms with Crippen LogP contribution in [-0.4, -0.2) is 38.3 Å². The minimum absolute atomic E-state index is 0.0538. The minimum Gasteiger partial charge on any atom is -0.484 e. The number of hydrogen-bond donors (Lipinski definition) is 0. The largest absolute Gasteiger partial charge is 0.484 e. The van der Waals surface area contributed by atoms with Crippen LogP contribution in [0, 0.1) is 0 Å². The van der Waals surface area contributed by atoms with E-state index >= 15 is 0 Å². The summed E-state index contributed by atoms with van der Waals surface area (Å²) in [7, 11) is -2.09. The van der Waals surface area contributed by atoms with Gasteiger partial charge >= 0.3 is 0 Å². The normalized spacial score (nSPS) is 15.5. The Bertz CT molecular complexity index is 1250. The first kappa shape index (κ1) is 23.5. The Morgan fingerprint density at radius 3 is 2.48 bits per heavy atom. The van der Waals surface area contributed by atoms with Crippen molar-refractivity contribution in [3.05, 3.63) is 88.4 Å². The van der Waals surface area contributed by atoms with Crippen molar-refractivity contribution in [2.24, 2.45) is 0 Å². The third kappa shape index (κ3) is 5.13. The van der Waals surface area contributed by atoms with E-state index in [4.69, 9.17) is 4.74 Å². The van der Waals surface area contributed by atoms with Gasteiger partial charge in [0.05, 0.1) is 4.90 Å². The van der Waals surface area contributed by atoms with Crippen LogP contribution in [0.2, 0.25) is 0 Å². The molecule has 0 saturated heterocycles. The number of rotatable bonds is 7. The van der Waals surface area contributed by atoms with Crippen molar-refractivity contribution < 1.29 is 17.9 Å². The fourth-order valence-electron chi connectivity index (χ4n) is 4.01. The van der Waals surface area contributed by atoms with Gasteiger partial charge in [-0.2, -0.15) is 4.31 Å². The van der Waals surface area contributed by atoms with Crippen molar-refractivity contribution in [3.63, 3.8) is 0 Å². The van der Waals surface area contributed by atoms with Crippen LogP contribution in [-0.2, 0) is 27.8 Å². The van der Waals surface area contributed by atoms with Crippen LogP contribution < -0.4 is 9.64 Å². The number of fused-ring (bicyclic) bond motifs is 1. The predicted octanol–water partition coefficient (Wildman–Crippen LogP) is 4.63. The molecule has 3 aromatic carbocycles. The summed E-state index contributed by atoms with van der Waals surface area (Å²) in [5, 5.41) is 0. The lowest BCUT2D eigenvalue weighted by Gasteiger charge is -2.23. The number of ether oxygens (including phenoxy) is 1. The zero-order valence-electron chi connectivity index (χ0n) is 18.4. The molecule has 6 nitrogen and oxygen atoms in total. The predicted molar refractivity (Wildman–Crippen MR) is 132 cm³/mol. The molecule has 0 spiro atoms. The molecule has 0 unspecified atom stereocenters. The first-order valence-corrected chi connectivity index (χ1v) is 12.8. The molecular formula is C25H25BrN2O4S. The molecule has 4 rings (SSSR count). The third-order valence-electron chi connectivity index (χ3n) is 5.67. The summed E-state index contributed by atoms with van der Waals surface area (Å²) >= 11 is 3.47. The van der Waals surface area contributed by atoms with E-state index in [1.165, 1.54) is 16.4 Å². The molecule has 1 aliphatic rings. The van der Waals surface area contributed by atoms with E-state index in [-0.39, 0.29) is 30.0 Å². The number of amides is 1. The second kappa shape index (κ2) is 9.67. The number of nitrogens with zero attached hydrogens (tertiary/aromatic N) is 2. The van der Waals surface area contributed by atoms with Gasteiger partial charge in [-0.25, -0.2) is 8.42 Å². The summed E-state index contributed by atoms with van der Waals surface area (Å²) in [5.41, 5.74) is 2.94. The Morgan fingerprint density at radius 2 is 1.79 bits per heavy atom. The maximum Gasteiger partial charge on any atom is 0.265 e. The Balaban J connectivity index is 1.39. The highest BCUT2D eigenvalue weighted by Gasteiger charge is 2.31. The van der Waals surface area contributed by atoms with E-state index in [0.717, 1.165) is 27.7 Å². The van der Waals surface area contributed by atoms with E-state index in [1.54, 1.807) is 24.1 Å². The molecule has 33 heavy (non-hydrogen) atoms. The van der Waals surface area contributed by atoms with Crippen LogP contribution in [0.1, 0.15) is 18.1 Å². The Labute approximate surface area is 203 Å². The monoisotopic (exact) mass is 528 g/mol. The first-order valence-electron chi connectivity index (χ1n) is 10.6. The summed E-state index contributed by atoms with van der Waals surface area (Å²) < 4.78 is 33.8. The van der Waals surface area contributed by atoms with Gasteiger partial charge < -0.3 is 9.64 Å². The molecule has 0 bridgehead atoms. The van der Waals surface area contributed by atoms with Crippen molar-refractivity contribution in [2.75, 3.05) is 18.6 Å². The maximum absolute atomic E-state index is 12.9. The lowest BCUT2D eigenvalue weighted by molar-refractivity contribution is -0.120. The van der Waals surface area contributed by atoms with Crippen molar-refractivity contribution >= 4 is 37.5 Å². The average Bonchev–Trinajstić information content (AvgIpc) is 3.13. The van der Waals surface area contributed by atoms with Crippen molar-refractivity contribution in [1.82, 2.24) is 4.31 Å². The first-order chi connectivity index (χ1) is 15.8. The Kier molecular flexibility index (Phi) is 6.88. The van der Waals surface area contributed by atoms with Crippen LogP contribution >= 0.6 is 15.9 Å². The van der Waals surface area contributed by atoms with Gasteiger partial charge in [0.15, 0.2) is 6.61 Å². The van der Waals surface area contributed by atoms with Crippen LogP contribution in [0.15, 0.2) is 82.2 Å². The molecule has 0 radical (unpaired) electrons. The van der Waals surface area contributed by atoms with Gasteiger partial charge in [-0.15, -0.1) is 0 Å². The maximum atomic E-state index is 12.9. The fourth-order valence-corrected chi connectivity index (χ4v) is 5.58. The molecule has 172 valence electrons. The molecule has 8 heteroatoms.